The fourth-order valence-corrected chi connectivity index (χ4v) is 0.346. The molecule has 0 fully saturated rings. The van der Waals surface area contributed by atoms with Crippen LogP contribution in [0, 0.1) is 0 Å². The fraction of sp³-hybridized carbons (Fsp3) is 0.800. The lowest BCUT2D eigenvalue weighted by Gasteiger charge is -1.89. The molecule has 0 heterocycles. The van der Waals surface area contributed by atoms with Crippen LogP contribution in [-0.4, -0.2) is 13.1 Å². The Morgan fingerprint density at radius 3 is 1.82 bits per heavy atom. The quantitative estimate of drug-likeness (QED) is 0.492. The first-order valence-electron chi connectivity index (χ1n) is 4.73. The molecule has 1 nitrogen and oxygen atoms in total. The summed E-state index contributed by atoms with van der Waals surface area (Å²) in [5, 5.41) is 3.16. The third kappa shape index (κ3) is 42.0. The Morgan fingerprint density at radius 1 is 1.09 bits per heavy atom. The van der Waals surface area contributed by atoms with Crippen LogP contribution in [0.4, 0.5) is 0 Å². The first-order chi connectivity index (χ1) is 5.41. The van der Waals surface area contributed by atoms with E-state index in [0.29, 0.717) is 0 Å². The van der Waals surface area contributed by atoms with Gasteiger partial charge < -0.3 is 5.32 Å². The molecule has 0 aliphatic heterocycles. The molecule has 1 N–H and O–H groups in total. The van der Waals surface area contributed by atoms with Crippen LogP contribution in [0.2, 0.25) is 0 Å². The first-order valence-corrected chi connectivity index (χ1v) is 4.73. The van der Waals surface area contributed by atoms with Gasteiger partial charge in [0.2, 0.25) is 0 Å². The summed E-state index contributed by atoms with van der Waals surface area (Å²) < 4.78 is 0. The second kappa shape index (κ2) is 33.2. The van der Waals surface area contributed by atoms with Crippen LogP contribution in [0.3, 0.4) is 0 Å². The largest absolute Gasteiger partial charge is 0.314 e. The van der Waals surface area contributed by atoms with Crippen LogP contribution in [0.15, 0.2) is 12.2 Å². The molecule has 0 atom stereocenters. The molecule has 0 aromatic heterocycles. The highest BCUT2D eigenvalue weighted by atomic mass is 14.8. The first kappa shape index (κ1) is 17.0. The van der Waals surface area contributed by atoms with Crippen molar-refractivity contribution in [3.63, 3.8) is 0 Å². The minimum absolute atomic E-state index is 1.01. The van der Waals surface area contributed by atoms with E-state index in [-0.39, 0.29) is 0 Å². The van der Waals surface area contributed by atoms with Gasteiger partial charge in [-0.05, 0) is 13.5 Å². The molecule has 70 valence electrons. The number of nitrogens with one attached hydrogen (secondary N) is 1. The monoisotopic (exact) mass is 159 g/mol. The smallest absolute Gasteiger partial charge is 0.0134 e. The van der Waals surface area contributed by atoms with Crippen LogP contribution in [-0.2, 0) is 0 Å². The van der Waals surface area contributed by atoms with Gasteiger partial charge in [0.05, 0.1) is 0 Å². The molecule has 0 aliphatic rings. The molecule has 0 spiro atoms. The van der Waals surface area contributed by atoms with E-state index < -0.39 is 0 Å². The maximum atomic E-state index is 3.16. The summed E-state index contributed by atoms with van der Waals surface area (Å²) in [6, 6.07) is 0. The predicted octanol–water partition coefficient (Wildman–Crippen LogP) is 3.22. The molecule has 1 heteroatoms. The van der Waals surface area contributed by atoms with Crippen molar-refractivity contribution in [1.29, 1.82) is 0 Å². The zero-order valence-electron chi connectivity index (χ0n) is 9.07. The van der Waals surface area contributed by atoms with Crippen molar-refractivity contribution in [3.05, 3.63) is 12.2 Å². The van der Waals surface area contributed by atoms with Gasteiger partial charge in [-0.25, -0.2) is 0 Å². The van der Waals surface area contributed by atoms with Gasteiger partial charge in [-0.2, -0.15) is 0 Å². The molecule has 0 saturated heterocycles. The number of hydrogen-bond acceptors (Lipinski definition) is 1. The third-order valence-corrected chi connectivity index (χ3v) is 0.748. The van der Waals surface area contributed by atoms with Gasteiger partial charge in [-0.3, -0.25) is 0 Å². The number of likely N-dealkylation sites (N-methyl/N-ethyl adjacent to an activating group) is 1. The maximum absolute atomic E-state index is 3.16. The van der Waals surface area contributed by atoms with Crippen molar-refractivity contribution >= 4 is 0 Å². The Hall–Kier alpha value is -0.300. The van der Waals surface area contributed by atoms with Crippen LogP contribution in [0.5, 0.6) is 0 Å². The Kier molecular flexibility index (Phi) is 51.3. The topological polar surface area (TPSA) is 12.0 Å². The highest BCUT2D eigenvalue weighted by molar-refractivity contribution is 4.78. The van der Waals surface area contributed by atoms with Gasteiger partial charge >= 0.3 is 0 Å². The Bertz CT molecular complexity index is 48.8. The number of hydrogen-bond donors (Lipinski definition) is 1. The van der Waals surface area contributed by atoms with Crippen LogP contribution in [0.25, 0.3) is 0 Å². The van der Waals surface area contributed by atoms with Crippen molar-refractivity contribution in [3.8, 4) is 0 Å². The maximum Gasteiger partial charge on any atom is 0.0134 e. The predicted molar refractivity (Wildman–Crippen MR) is 56.1 cm³/mol. The molecule has 0 radical (unpaired) electrons. The minimum atomic E-state index is 1.01. The van der Waals surface area contributed by atoms with Gasteiger partial charge in [0.15, 0.2) is 0 Å². The zero-order valence-corrected chi connectivity index (χ0v) is 9.07. The van der Waals surface area contributed by atoms with E-state index in [1.54, 1.807) is 0 Å². The zero-order chi connectivity index (χ0) is 9.54. The van der Waals surface area contributed by atoms with Crippen molar-refractivity contribution in [2.45, 2.75) is 41.5 Å². The Labute approximate surface area is 72.9 Å². The van der Waals surface area contributed by atoms with E-state index in [2.05, 4.69) is 18.3 Å². The van der Waals surface area contributed by atoms with E-state index >= 15 is 0 Å². The summed E-state index contributed by atoms with van der Waals surface area (Å²) in [6.07, 6.45) is 4.14. The van der Waals surface area contributed by atoms with Gasteiger partial charge in [0, 0.05) is 6.54 Å². The average molecular weight is 159 g/mol. The van der Waals surface area contributed by atoms with Crippen molar-refractivity contribution < 1.29 is 0 Å². The molecular formula is C10H25N. The van der Waals surface area contributed by atoms with E-state index in [9.17, 15) is 0 Å². The molecular weight excluding hydrogens is 134 g/mol. The summed E-state index contributed by atoms with van der Waals surface area (Å²) in [5.74, 6) is 0. The van der Waals surface area contributed by atoms with Gasteiger partial charge in [0.25, 0.3) is 0 Å². The van der Waals surface area contributed by atoms with Gasteiger partial charge in [0.1, 0.15) is 0 Å². The molecule has 0 amide bonds. The Morgan fingerprint density at radius 2 is 1.55 bits per heavy atom. The van der Waals surface area contributed by atoms with Gasteiger partial charge in [-0.15, -0.1) is 0 Å². The summed E-state index contributed by atoms with van der Waals surface area (Å²) in [4.78, 5) is 0. The highest BCUT2D eigenvalue weighted by Gasteiger charge is 1.68. The number of rotatable bonds is 3. The molecule has 0 aliphatic carbocycles. The lowest BCUT2D eigenvalue weighted by molar-refractivity contribution is 0.799. The molecule has 0 bridgehead atoms. The molecule has 0 aromatic carbocycles. The van der Waals surface area contributed by atoms with Gasteiger partial charge in [-0.1, -0.05) is 46.8 Å². The second-order valence-corrected chi connectivity index (χ2v) is 1.38. The average Bonchev–Trinajstić information content (AvgIpc) is 2.13. The van der Waals surface area contributed by atoms with E-state index in [0.717, 1.165) is 13.1 Å². The van der Waals surface area contributed by atoms with Crippen LogP contribution in [0.1, 0.15) is 41.5 Å². The number of allylic oxidation sites excluding steroid dienone is 1. The summed E-state index contributed by atoms with van der Waals surface area (Å²) in [7, 11) is 0. The van der Waals surface area contributed by atoms with Crippen LogP contribution >= 0.6 is 0 Å². The van der Waals surface area contributed by atoms with E-state index in [4.69, 9.17) is 0 Å². The van der Waals surface area contributed by atoms with E-state index in [1.165, 1.54) is 0 Å². The Balaban J connectivity index is -0.000000138. The minimum Gasteiger partial charge on any atom is -0.314 e. The van der Waals surface area contributed by atoms with Crippen molar-refractivity contribution in [1.82, 2.24) is 5.32 Å². The molecule has 0 saturated carbocycles. The SMILES string of the molecule is C/C=C/CNCC.CC.CC. The molecule has 0 unspecified atom stereocenters. The summed E-state index contributed by atoms with van der Waals surface area (Å²) >= 11 is 0. The van der Waals surface area contributed by atoms with Crippen molar-refractivity contribution in [2.24, 2.45) is 0 Å². The lowest BCUT2D eigenvalue weighted by atomic mass is 10.5. The lowest BCUT2D eigenvalue weighted by Crippen LogP contribution is -2.11. The third-order valence-electron chi connectivity index (χ3n) is 0.748. The second-order valence-electron chi connectivity index (χ2n) is 1.38. The fourth-order valence-electron chi connectivity index (χ4n) is 0.346. The molecule has 0 rings (SSSR count). The summed E-state index contributed by atoms with van der Waals surface area (Å²) in [6.45, 7) is 14.2. The van der Waals surface area contributed by atoms with Crippen LogP contribution < -0.4 is 5.32 Å². The standard InChI is InChI=1S/C6H13N.2C2H6/c1-3-5-6-7-4-2;2*1-2/h3,5,7H,4,6H2,1-2H3;2*1-2H3/b5-3+;;. The normalized spacial score (nSPS) is 7.82. The molecule has 0 aromatic rings. The van der Waals surface area contributed by atoms with Crippen molar-refractivity contribution in [2.75, 3.05) is 13.1 Å². The molecule has 11 heavy (non-hydrogen) atoms. The van der Waals surface area contributed by atoms with E-state index in [1.807, 2.05) is 40.7 Å². The summed E-state index contributed by atoms with van der Waals surface area (Å²) in [5.41, 5.74) is 0. The highest BCUT2D eigenvalue weighted by Crippen LogP contribution is 1.64.